The third-order valence-corrected chi connectivity index (χ3v) is 5.21. The molecule has 0 bridgehead atoms. The predicted octanol–water partition coefficient (Wildman–Crippen LogP) is 4.70. The lowest BCUT2D eigenvalue weighted by molar-refractivity contribution is 0.0922. The van der Waals surface area contributed by atoms with Crippen molar-refractivity contribution in [1.82, 2.24) is 10.3 Å². The molecule has 2 amide bonds. The van der Waals surface area contributed by atoms with E-state index in [-0.39, 0.29) is 28.6 Å². The Kier molecular flexibility index (Phi) is 6.12. The highest BCUT2D eigenvalue weighted by Crippen LogP contribution is 2.29. The standard InChI is InChI=1S/C19H19Cl2N3O2/c20-14-7-4-8-15(17(14)21)24-18(25)12-9-10-22-16(11-12)19(26)23-13-5-2-1-3-6-13/h4,7-11,13H,1-3,5-6H2,(H,23,26)(H,24,25). The van der Waals surface area contributed by atoms with Gasteiger partial charge in [0, 0.05) is 17.8 Å². The number of nitrogens with one attached hydrogen (secondary N) is 2. The summed E-state index contributed by atoms with van der Waals surface area (Å²) in [6.45, 7) is 0. The lowest BCUT2D eigenvalue weighted by atomic mass is 9.95. The number of benzene rings is 1. The number of amides is 2. The summed E-state index contributed by atoms with van der Waals surface area (Å²) in [5.74, 6) is -0.643. The number of anilines is 1. The first-order chi connectivity index (χ1) is 12.5. The van der Waals surface area contributed by atoms with Crippen molar-refractivity contribution >= 4 is 40.7 Å². The molecule has 2 aromatic rings. The van der Waals surface area contributed by atoms with E-state index in [1.54, 1.807) is 24.3 Å². The third kappa shape index (κ3) is 4.54. The van der Waals surface area contributed by atoms with Crippen molar-refractivity contribution in [3.8, 4) is 0 Å². The molecule has 1 aromatic carbocycles. The molecule has 0 spiro atoms. The maximum atomic E-state index is 12.5. The van der Waals surface area contributed by atoms with Crippen LogP contribution >= 0.6 is 23.2 Å². The first-order valence-corrected chi connectivity index (χ1v) is 9.32. The highest BCUT2D eigenvalue weighted by molar-refractivity contribution is 6.44. The average molecular weight is 392 g/mol. The summed E-state index contributed by atoms with van der Waals surface area (Å²) in [7, 11) is 0. The van der Waals surface area contributed by atoms with Gasteiger partial charge in [0.15, 0.2) is 0 Å². The van der Waals surface area contributed by atoms with Gasteiger partial charge in [0.25, 0.3) is 11.8 Å². The number of aromatic nitrogens is 1. The molecule has 0 aliphatic heterocycles. The summed E-state index contributed by atoms with van der Waals surface area (Å²) < 4.78 is 0. The van der Waals surface area contributed by atoms with E-state index < -0.39 is 0 Å². The second-order valence-electron chi connectivity index (χ2n) is 6.29. The monoisotopic (exact) mass is 391 g/mol. The Hall–Kier alpha value is -2.11. The molecule has 1 heterocycles. The van der Waals surface area contributed by atoms with Crippen LogP contribution in [-0.4, -0.2) is 22.8 Å². The van der Waals surface area contributed by atoms with Crippen molar-refractivity contribution < 1.29 is 9.59 Å². The minimum Gasteiger partial charge on any atom is -0.348 e. The molecule has 0 atom stereocenters. The molecule has 0 radical (unpaired) electrons. The van der Waals surface area contributed by atoms with Crippen molar-refractivity contribution in [1.29, 1.82) is 0 Å². The van der Waals surface area contributed by atoms with E-state index >= 15 is 0 Å². The van der Waals surface area contributed by atoms with Crippen molar-refractivity contribution in [2.24, 2.45) is 0 Å². The molecule has 5 nitrogen and oxygen atoms in total. The molecule has 1 fully saturated rings. The van der Waals surface area contributed by atoms with Crippen molar-refractivity contribution in [2.45, 2.75) is 38.1 Å². The molecule has 3 rings (SSSR count). The zero-order chi connectivity index (χ0) is 18.5. The first kappa shape index (κ1) is 18.7. The average Bonchev–Trinajstić information content (AvgIpc) is 2.66. The second kappa shape index (κ2) is 8.52. The molecule has 2 N–H and O–H groups in total. The van der Waals surface area contributed by atoms with Gasteiger partial charge in [0.2, 0.25) is 0 Å². The summed E-state index contributed by atoms with van der Waals surface area (Å²) in [5, 5.41) is 6.32. The van der Waals surface area contributed by atoms with E-state index in [0.717, 1.165) is 25.7 Å². The molecule has 0 unspecified atom stereocenters. The number of rotatable bonds is 4. The number of halogens is 2. The third-order valence-electron chi connectivity index (χ3n) is 4.39. The molecular formula is C19H19Cl2N3O2. The van der Waals surface area contributed by atoms with Gasteiger partial charge in [-0.05, 0) is 37.1 Å². The Labute approximate surface area is 162 Å². The Morgan fingerprint density at radius 1 is 1.04 bits per heavy atom. The highest BCUT2D eigenvalue weighted by Gasteiger charge is 2.18. The molecule has 1 aliphatic rings. The highest BCUT2D eigenvalue weighted by atomic mass is 35.5. The zero-order valence-corrected chi connectivity index (χ0v) is 15.6. The molecule has 0 saturated heterocycles. The van der Waals surface area contributed by atoms with Gasteiger partial charge < -0.3 is 10.6 Å². The zero-order valence-electron chi connectivity index (χ0n) is 14.1. The molecule has 1 aromatic heterocycles. The van der Waals surface area contributed by atoms with E-state index in [2.05, 4.69) is 15.6 Å². The van der Waals surface area contributed by atoms with Crippen LogP contribution in [0.25, 0.3) is 0 Å². The van der Waals surface area contributed by atoms with E-state index in [1.807, 2.05) is 0 Å². The molecule has 7 heteroatoms. The predicted molar refractivity (Wildman–Crippen MR) is 103 cm³/mol. The molecule has 1 saturated carbocycles. The van der Waals surface area contributed by atoms with E-state index in [9.17, 15) is 9.59 Å². The van der Waals surface area contributed by atoms with Crippen LogP contribution in [0.5, 0.6) is 0 Å². The van der Waals surface area contributed by atoms with Gasteiger partial charge in [0.1, 0.15) is 5.69 Å². The van der Waals surface area contributed by atoms with Gasteiger partial charge in [-0.3, -0.25) is 14.6 Å². The van der Waals surface area contributed by atoms with Crippen molar-refractivity contribution in [2.75, 3.05) is 5.32 Å². The van der Waals surface area contributed by atoms with Crippen LogP contribution in [0.15, 0.2) is 36.5 Å². The van der Waals surface area contributed by atoms with E-state index in [4.69, 9.17) is 23.2 Å². The van der Waals surface area contributed by atoms with Crippen LogP contribution < -0.4 is 10.6 Å². The summed E-state index contributed by atoms with van der Waals surface area (Å²) >= 11 is 12.0. The lowest BCUT2D eigenvalue weighted by Gasteiger charge is -2.22. The lowest BCUT2D eigenvalue weighted by Crippen LogP contribution is -2.36. The maximum Gasteiger partial charge on any atom is 0.270 e. The summed E-state index contributed by atoms with van der Waals surface area (Å²) in [6.07, 6.45) is 6.89. The number of carbonyl (C=O) groups excluding carboxylic acids is 2. The SMILES string of the molecule is O=C(Nc1cccc(Cl)c1Cl)c1ccnc(C(=O)NC2CCCCC2)c1. The van der Waals surface area contributed by atoms with E-state index in [1.165, 1.54) is 18.7 Å². The van der Waals surface area contributed by atoms with Crippen molar-refractivity contribution in [3.63, 3.8) is 0 Å². The minimum atomic E-state index is -0.386. The summed E-state index contributed by atoms with van der Waals surface area (Å²) in [6, 6.07) is 8.20. The minimum absolute atomic E-state index is 0.181. The number of nitrogens with zero attached hydrogens (tertiary/aromatic N) is 1. The number of hydrogen-bond donors (Lipinski definition) is 2. The van der Waals surface area contributed by atoms with Gasteiger partial charge in [-0.2, -0.15) is 0 Å². The van der Waals surface area contributed by atoms with Gasteiger partial charge in [0.05, 0.1) is 15.7 Å². The maximum absolute atomic E-state index is 12.5. The van der Waals surface area contributed by atoms with Crippen LogP contribution in [0.4, 0.5) is 5.69 Å². The molecule has 26 heavy (non-hydrogen) atoms. The van der Waals surface area contributed by atoms with E-state index in [0.29, 0.717) is 16.3 Å². The molecule has 1 aliphatic carbocycles. The molecule has 136 valence electrons. The number of hydrogen-bond acceptors (Lipinski definition) is 3. The first-order valence-electron chi connectivity index (χ1n) is 8.57. The normalized spacial score (nSPS) is 14.7. The van der Waals surface area contributed by atoms with Crippen LogP contribution in [0.1, 0.15) is 53.0 Å². The van der Waals surface area contributed by atoms with Gasteiger partial charge in [-0.1, -0.05) is 48.5 Å². The fourth-order valence-electron chi connectivity index (χ4n) is 3.00. The smallest absolute Gasteiger partial charge is 0.270 e. The summed E-state index contributed by atoms with van der Waals surface area (Å²) in [4.78, 5) is 29.0. The Morgan fingerprint density at radius 3 is 2.58 bits per heavy atom. The second-order valence-corrected chi connectivity index (χ2v) is 7.08. The topological polar surface area (TPSA) is 71.1 Å². The largest absolute Gasteiger partial charge is 0.348 e. The van der Waals surface area contributed by atoms with Gasteiger partial charge in [-0.25, -0.2) is 0 Å². The molecular weight excluding hydrogens is 373 g/mol. The van der Waals surface area contributed by atoms with Crippen LogP contribution in [0.3, 0.4) is 0 Å². The van der Waals surface area contributed by atoms with Crippen LogP contribution in [0, 0.1) is 0 Å². The number of pyridine rings is 1. The Bertz CT molecular complexity index is 820. The van der Waals surface area contributed by atoms with Crippen LogP contribution in [-0.2, 0) is 0 Å². The Balaban J connectivity index is 1.70. The quantitative estimate of drug-likeness (QED) is 0.792. The van der Waals surface area contributed by atoms with Crippen LogP contribution in [0.2, 0.25) is 10.0 Å². The summed E-state index contributed by atoms with van der Waals surface area (Å²) in [5.41, 5.74) is 0.958. The van der Waals surface area contributed by atoms with Gasteiger partial charge in [-0.15, -0.1) is 0 Å². The fraction of sp³-hybridized carbons (Fsp3) is 0.316. The van der Waals surface area contributed by atoms with Crippen molar-refractivity contribution in [3.05, 3.63) is 57.8 Å². The fourth-order valence-corrected chi connectivity index (χ4v) is 3.34. The Morgan fingerprint density at radius 2 is 1.81 bits per heavy atom. The number of carbonyl (C=O) groups is 2. The van der Waals surface area contributed by atoms with Gasteiger partial charge >= 0.3 is 0 Å².